The van der Waals surface area contributed by atoms with Gasteiger partial charge in [-0.05, 0) is 38.2 Å². The third-order valence-corrected chi connectivity index (χ3v) is 5.01. The fraction of sp³-hybridized carbons (Fsp3) is 0.533. The summed E-state index contributed by atoms with van der Waals surface area (Å²) >= 11 is 1.91. The van der Waals surface area contributed by atoms with Gasteiger partial charge in [0.25, 0.3) is 0 Å². The Labute approximate surface area is 134 Å². The van der Waals surface area contributed by atoms with Crippen LogP contribution in [0.5, 0.6) is 0 Å². The standard InChI is InChI=1S/C15H21N5OS/c1-11-6-9-22-10-8-19(11)15(21)16-12(2)14-18-17-13-5-3-4-7-20(13)14/h3-5,7,11-12H,6,8-10H2,1-2H3,(H,16,21)/t11-,12-/m0/s1. The highest BCUT2D eigenvalue weighted by Gasteiger charge is 2.24. The molecule has 1 saturated heterocycles. The molecule has 0 saturated carbocycles. The lowest BCUT2D eigenvalue weighted by Crippen LogP contribution is -2.46. The summed E-state index contributed by atoms with van der Waals surface area (Å²) in [6, 6.07) is 5.83. The quantitative estimate of drug-likeness (QED) is 0.923. The number of carbonyl (C=O) groups is 1. The number of pyridine rings is 1. The largest absolute Gasteiger partial charge is 0.328 e. The summed E-state index contributed by atoms with van der Waals surface area (Å²) in [5.74, 6) is 2.87. The second kappa shape index (κ2) is 6.56. The van der Waals surface area contributed by atoms with Crippen LogP contribution in [0.25, 0.3) is 5.65 Å². The topological polar surface area (TPSA) is 62.5 Å². The molecule has 0 aromatic carbocycles. The molecule has 3 rings (SSSR count). The zero-order chi connectivity index (χ0) is 15.5. The van der Waals surface area contributed by atoms with Crippen molar-refractivity contribution in [2.24, 2.45) is 0 Å². The number of nitrogens with zero attached hydrogens (tertiary/aromatic N) is 4. The van der Waals surface area contributed by atoms with Crippen LogP contribution in [0, 0.1) is 0 Å². The smallest absolute Gasteiger partial charge is 0.318 e. The van der Waals surface area contributed by atoms with Crippen LogP contribution in [-0.4, -0.2) is 49.6 Å². The second-order valence-electron chi connectivity index (χ2n) is 5.60. The van der Waals surface area contributed by atoms with E-state index in [9.17, 15) is 4.79 Å². The summed E-state index contributed by atoms with van der Waals surface area (Å²) in [7, 11) is 0. The molecule has 6 nitrogen and oxygen atoms in total. The Morgan fingerprint density at radius 2 is 2.27 bits per heavy atom. The van der Waals surface area contributed by atoms with E-state index >= 15 is 0 Å². The number of carbonyl (C=O) groups excluding carboxylic acids is 1. The van der Waals surface area contributed by atoms with Crippen molar-refractivity contribution in [3.63, 3.8) is 0 Å². The molecule has 2 aromatic rings. The van der Waals surface area contributed by atoms with Crippen molar-refractivity contribution in [3.8, 4) is 0 Å². The first-order valence-corrected chi connectivity index (χ1v) is 8.77. The number of urea groups is 1. The van der Waals surface area contributed by atoms with Gasteiger partial charge >= 0.3 is 6.03 Å². The van der Waals surface area contributed by atoms with Gasteiger partial charge in [-0.2, -0.15) is 11.8 Å². The fourth-order valence-electron chi connectivity index (χ4n) is 2.68. The molecule has 3 heterocycles. The molecule has 22 heavy (non-hydrogen) atoms. The van der Waals surface area contributed by atoms with E-state index in [0.717, 1.165) is 35.9 Å². The number of amides is 2. The van der Waals surface area contributed by atoms with Gasteiger partial charge in [-0.1, -0.05) is 6.07 Å². The van der Waals surface area contributed by atoms with Gasteiger partial charge in [0, 0.05) is 24.5 Å². The van der Waals surface area contributed by atoms with Crippen molar-refractivity contribution >= 4 is 23.4 Å². The summed E-state index contributed by atoms with van der Waals surface area (Å²) in [6.45, 7) is 4.85. The first-order chi connectivity index (χ1) is 10.7. The van der Waals surface area contributed by atoms with Crippen LogP contribution < -0.4 is 5.32 Å². The Balaban J connectivity index is 1.73. The molecular weight excluding hydrogens is 298 g/mol. The van der Waals surface area contributed by atoms with Crippen LogP contribution in [0.15, 0.2) is 24.4 Å². The van der Waals surface area contributed by atoms with Gasteiger partial charge in [0.1, 0.15) is 0 Å². The zero-order valence-electron chi connectivity index (χ0n) is 12.9. The number of thioether (sulfide) groups is 1. The average Bonchev–Trinajstić information content (AvgIpc) is 2.82. The van der Waals surface area contributed by atoms with Crippen LogP contribution in [0.3, 0.4) is 0 Å². The van der Waals surface area contributed by atoms with E-state index in [-0.39, 0.29) is 18.1 Å². The lowest BCUT2D eigenvalue weighted by molar-refractivity contribution is 0.179. The van der Waals surface area contributed by atoms with E-state index in [1.54, 1.807) is 0 Å². The van der Waals surface area contributed by atoms with Crippen molar-refractivity contribution in [3.05, 3.63) is 30.2 Å². The molecule has 0 unspecified atom stereocenters. The highest BCUT2D eigenvalue weighted by atomic mass is 32.2. The number of fused-ring (bicyclic) bond motifs is 1. The van der Waals surface area contributed by atoms with Crippen molar-refractivity contribution in [1.29, 1.82) is 0 Å². The second-order valence-corrected chi connectivity index (χ2v) is 6.83. The normalized spacial score (nSPS) is 20.6. The maximum Gasteiger partial charge on any atom is 0.318 e. The maximum atomic E-state index is 12.6. The SMILES string of the molecule is C[C@H](NC(=O)N1CCSCC[C@@H]1C)c1nnc2ccccn12. The van der Waals surface area contributed by atoms with Crippen LogP contribution >= 0.6 is 11.8 Å². The van der Waals surface area contributed by atoms with Gasteiger partial charge < -0.3 is 10.2 Å². The molecule has 7 heteroatoms. The van der Waals surface area contributed by atoms with Crippen molar-refractivity contribution in [2.45, 2.75) is 32.4 Å². The average molecular weight is 319 g/mol. The van der Waals surface area contributed by atoms with Crippen LogP contribution in [0.4, 0.5) is 4.79 Å². The molecule has 0 aliphatic carbocycles. The Bertz CT molecular complexity index is 658. The third-order valence-electron chi connectivity index (χ3n) is 4.02. The molecular formula is C15H21N5OS. The molecule has 0 radical (unpaired) electrons. The Kier molecular flexibility index (Phi) is 4.52. The van der Waals surface area contributed by atoms with Gasteiger partial charge in [-0.3, -0.25) is 4.40 Å². The first-order valence-electron chi connectivity index (χ1n) is 7.61. The molecule has 2 amide bonds. The van der Waals surface area contributed by atoms with E-state index in [1.165, 1.54) is 0 Å². The Morgan fingerprint density at radius 3 is 3.14 bits per heavy atom. The molecule has 118 valence electrons. The molecule has 0 bridgehead atoms. The van der Waals surface area contributed by atoms with Crippen molar-refractivity contribution < 1.29 is 4.79 Å². The van der Waals surface area contributed by atoms with Gasteiger partial charge in [0.05, 0.1) is 6.04 Å². The highest BCUT2D eigenvalue weighted by molar-refractivity contribution is 7.99. The number of hydrogen-bond donors (Lipinski definition) is 1. The van der Waals surface area contributed by atoms with Crippen molar-refractivity contribution in [1.82, 2.24) is 24.8 Å². The summed E-state index contributed by atoms with van der Waals surface area (Å²) in [5.41, 5.74) is 0.790. The van der Waals surface area contributed by atoms with E-state index in [1.807, 2.05) is 52.4 Å². The van der Waals surface area contributed by atoms with E-state index in [4.69, 9.17) is 0 Å². The van der Waals surface area contributed by atoms with E-state index in [2.05, 4.69) is 22.4 Å². The van der Waals surface area contributed by atoms with Gasteiger partial charge in [0.15, 0.2) is 11.5 Å². The third kappa shape index (κ3) is 3.04. The number of aromatic nitrogens is 3. The first kappa shape index (κ1) is 15.1. The predicted molar refractivity (Wildman–Crippen MR) is 88.0 cm³/mol. The summed E-state index contributed by atoms with van der Waals surface area (Å²) in [5, 5.41) is 11.4. The molecule has 0 spiro atoms. The van der Waals surface area contributed by atoms with E-state index in [0.29, 0.717) is 0 Å². The molecule has 1 fully saturated rings. The lowest BCUT2D eigenvalue weighted by atomic mass is 10.2. The van der Waals surface area contributed by atoms with Crippen LogP contribution in [0.2, 0.25) is 0 Å². The predicted octanol–water partition coefficient (Wildman–Crippen LogP) is 2.33. The summed E-state index contributed by atoms with van der Waals surface area (Å²) in [4.78, 5) is 14.5. The summed E-state index contributed by atoms with van der Waals surface area (Å²) < 4.78 is 1.91. The molecule has 1 aliphatic rings. The van der Waals surface area contributed by atoms with Gasteiger partial charge in [0.2, 0.25) is 0 Å². The summed E-state index contributed by atoms with van der Waals surface area (Å²) in [6.07, 6.45) is 2.96. The zero-order valence-corrected chi connectivity index (χ0v) is 13.7. The highest BCUT2D eigenvalue weighted by Crippen LogP contribution is 2.17. The Hall–Kier alpha value is -1.76. The Morgan fingerprint density at radius 1 is 1.41 bits per heavy atom. The fourth-order valence-corrected chi connectivity index (χ4v) is 3.72. The van der Waals surface area contributed by atoms with Crippen LogP contribution in [0.1, 0.15) is 32.1 Å². The van der Waals surface area contributed by atoms with E-state index < -0.39 is 0 Å². The molecule has 2 atom stereocenters. The minimum Gasteiger partial charge on any atom is -0.328 e. The molecule has 1 N–H and O–H groups in total. The van der Waals surface area contributed by atoms with Gasteiger partial charge in [-0.25, -0.2) is 4.79 Å². The number of hydrogen-bond acceptors (Lipinski definition) is 4. The minimum absolute atomic E-state index is 0.0184. The lowest BCUT2D eigenvalue weighted by Gasteiger charge is -2.28. The number of nitrogens with one attached hydrogen (secondary N) is 1. The van der Waals surface area contributed by atoms with Crippen LogP contribution in [-0.2, 0) is 0 Å². The molecule has 2 aromatic heterocycles. The molecule has 1 aliphatic heterocycles. The van der Waals surface area contributed by atoms with Gasteiger partial charge in [-0.15, -0.1) is 10.2 Å². The monoisotopic (exact) mass is 319 g/mol. The maximum absolute atomic E-state index is 12.6. The minimum atomic E-state index is -0.187. The van der Waals surface area contributed by atoms with Crippen molar-refractivity contribution in [2.75, 3.05) is 18.1 Å². The number of rotatable bonds is 2.